The number of aliphatic hydroxyl groups excluding tert-OH is 1. The van der Waals surface area contributed by atoms with E-state index in [0.29, 0.717) is 12.8 Å². The number of carboxylic acid groups (broad SMARTS) is 1. The molecular weight excluding hydrogens is 448 g/mol. The van der Waals surface area contributed by atoms with Crippen LogP contribution in [-0.2, 0) is 14.3 Å². The lowest BCUT2D eigenvalue weighted by atomic mass is 9.79. The van der Waals surface area contributed by atoms with Gasteiger partial charge in [0, 0.05) is 12.3 Å². The van der Waals surface area contributed by atoms with Crippen LogP contribution >= 0.6 is 0 Å². The van der Waals surface area contributed by atoms with Crippen LogP contribution in [0, 0.1) is 0 Å². The standard InChI is InChI=1S/C27H32N2O6/c1-17(30)24(25(32)33)28-23(31)15-27(13-7-2-8-14-27)29-26(34)35-16-22-20-11-5-3-9-18(20)19-10-4-6-12-21(19)22/h3-6,9-12,17,22,24,30H,2,7-8,13-16H2,1H3,(H,28,31)(H,29,34)(H,32,33)/t17-,24+/m1/s1. The van der Waals surface area contributed by atoms with Crippen molar-refractivity contribution < 1.29 is 29.3 Å². The van der Waals surface area contributed by atoms with E-state index < -0.39 is 35.7 Å². The van der Waals surface area contributed by atoms with Gasteiger partial charge in [-0.3, -0.25) is 4.79 Å². The number of fused-ring (bicyclic) bond motifs is 3. The van der Waals surface area contributed by atoms with Gasteiger partial charge < -0.3 is 25.6 Å². The van der Waals surface area contributed by atoms with E-state index in [-0.39, 0.29) is 18.9 Å². The first-order chi connectivity index (χ1) is 16.8. The topological polar surface area (TPSA) is 125 Å². The maximum Gasteiger partial charge on any atom is 0.407 e. The minimum Gasteiger partial charge on any atom is -0.480 e. The molecule has 186 valence electrons. The molecule has 2 aromatic rings. The lowest BCUT2D eigenvalue weighted by Gasteiger charge is -2.37. The van der Waals surface area contributed by atoms with Gasteiger partial charge >= 0.3 is 12.1 Å². The molecule has 0 saturated heterocycles. The zero-order valence-corrected chi connectivity index (χ0v) is 19.8. The molecule has 2 aliphatic carbocycles. The molecule has 2 aliphatic rings. The van der Waals surface area contributed by atoms with Crippen LogP contribution in [0.2, 0.25) is 0 Å². The SMILES string of the molecule is C[C@@H](O)[C@H](NC(=O)CC1(NC(=O)OCC2c3ccccc3-c3ccccc32)CCCCC1)C(=O)O. The number of rotatable bonds is 8. The Balaban J connectivity index is 1.42. The summed E-state index contributed by atoms with van der Waals surface area (Å²) in [4.78, 5) is 36.9. The summed E-state index contributed by atoms with van der Waals surface area (Å²) in [6.07, 6.45) is 1.97. The van der Waals surface area contributed by atoms with Crippen LogP contribution in [0.4, 0.5) is 4.79 Å². The largest absolute Gasteiger partial charge is 0.480 e. The molecule has 1 saturated carbocycles. The highest BCUT2D eigenvalue weighted by molar-refractivity contribution is 5.85. The molecule has 35 heavy (non-hydrogen) atoms. The van der Waals surface area contributed by atoms with Crippen molar-refractivity contribution >= 4 is 18.0 Å². The fourth-order valence-corrected chi connectivity index (χ4v) is 5.35. The summed E-state index contributed by atoms with van der Waals surface area (Å²) in [5.74, 6) is -1.91. The normalized spacial score (nSPS) is 18.0. The molecule has 2 amide bonds. The Hall–Kier alpha value is -3.39. The molecule has 1 fully saturated rings. The molecule has 2 aromatic carbocycles. The second kappa shape index (κ2) is 10.5. The van der Waals surface area contributed by atoms with Crippen molar-refractivity contribution in [2.75, 3.05) is 6.61 Å². The van der Waals surface area contributed by atoms with E-state index in [0.717, 1.165) is 41.5 Å². The predicted octanol–water partition coefficient (Wildman–Crippen LogP) is 3.57. The van der Waals surface area contributed by atoms with Crippen molar-refractivity contribution in [1.82, 2.24) is 10.6 Å². The zero-order valence-electron chi connectivity index (χ0n) is 19.8. The lowest BCUT2D eigenvalue weighted by Crippen LogP contribution is -2.55. The van der Waals surface area contributed by atoms with Crippen LogP contribution in [0.1, 0.15) is 62.5 Å². The average molecular weight is 481 g/mol. The number of benzene rings is 2. The van der Waals surface area contributed by atoms with Gasteiger partial charge in [0.15, 0.2) is 6.04 Å². The van der Waals surface area contributed by atoms with Gasteiger partial charge in [0.2, 0.25) is 5.91 Å². The Morgan fingerprint density at radius 1 is 1.00 bits per heavy atom. The molecule has 0 heterocycles. The van der Waals surface area contributed by atoms with Gasteiger partial charge in [0.1, 0.15) is 6.61 Å². The molecular formula is C27H32N2O6. The molecule has 0 aromatic heterocycles. The minimum atomic E-state index is -1.41. The molecule has 2 atom stereocenters. The lowest BCUT2D eigenvalue weighted by molar-refractivity contribution is -0.145. The summed E-state index contributed by atoms with van der Waals surface area (Å²) in [6.45, 7) is 1.48. The van der Waals surface area contributed by atoms with Crippen molar-refractivity contribution in [3.63, 3.8) is 0 Å². The molecule has 4 rings (SSSR count). The van der Waals surface area contributed by atoms with Crippen molar-refractivity contribution in [3.05, 3.63) is 59.7 Å². The Morgan fingerprint density at radius 2 is 1.57 bits per heavy atom. The first-order valence-corrected chi connectivity index (χ1v) is 12.1. The number of amides is 2. The van der Waals surface area contributed by atoms with Crippen LogP contribution < -0.4 is 10.6 Å². The molecule has 0 unspecified atom stereocenters. The first-order valence-electron chi connectivity index (χ1n) is 12.1. The number of ether oxygens (including phenoxy) is 1. The molecule has 0 spiro atoms. The van der Waals surface area contributed by atoms with Crippen molar-refractivity contribution in [3.8, 4) is 11.1 Å². The van der Waals surface area contributed by atoms with Crippen molar-refractivity contribution in [2.24, 2.45) is 0 Å². The summed E-state index contributed by atoms with van der Waals surface area (Å²) in [5, 5.41) is 24.2. The number of hydrogen-bond acceptors (Lipinski definition) is 5. The highest BCUT2D eigenvalue weighted by Gasteiger charge is 2.38. The number of aliphatic hydroxyl groups is 1. The summed E-state index contributed by atoms with van der Waals surface area (Å²) in [7, 11) is 0. The summed E-state index contributed by atoms with van der Waals surface area (Å²) in [5.41, 5.74) is 3.71. The fraction of sp³-hybridized carbons (Fsp3) is 0.444. The molecule has 8 heteroatoms. The van der Waals surface area contributed by atoms with Crippen LogP contribution in [0.25, 0.3) is 11.1 Å². The Morgan fingerprint density at radius 3 is 2.11 bits per heavy atom. The van der Waals surface area contributed by atoms with E-state index in [1.54, 1.807) is 0 Å². The quantitative estimate of drug-likeness (QED) is 0.458. The Kier molecular flexibility index (Phi) is 7.40. The second-order valence-electron chi connectivity index (χ2n) is 9.59. The third-order valence-electron chi connectivity index (χ3n) is 7.09. The molecule has 4 N–H and O–H groups in total. The Labute approximate surface area is 204 Å². The summed E-state index contributed by atoms with van der Waals surface area (Å²) in [6, 6.07) is 14.8. The van der Waals surface area contributed by atoms with Gasteiger partial charge in [0.05, 0.1) is 11.6 Å². The predicted molar refractivity (Wildman–Crippen MR) is 130 cm³/mol. The number of hydrogen-bond donors (Lipinski definition) is 4. The van der Waals surface area contributed by atoms with E-state index in [9.17, 15) is 24.6 Å². The maximum atomic E-state index is 12.9. The van der Waals surface area contributed by atoms with Crippen molar-refractivity contribution in [1.29, 1.82) is 0 Å². The van der Waals surface area contributed by atoms with Gasteiger partial charge in [-0.1, -0.05) is 67.8 Å². The number of carbonyl (C=O) groups is 3. The highest BCUT2D eigenvalue weighted by atomic mass is 16.5. The second-order valence-corrected chi connectivity index (χ2v) is 9.59. The van der Waals surface area contributed by atoms with E-state index in [4.69, 9.17) is 4.74 Å². The van der Waals surface area contributed by atoms with Gasteiger partial charge in [-0.2, -0.15) is 0 Å². The number of aliphatic carboxylic acids is 1. The van der Waals surface area contributed by atoms with E-state index in [1.807, 2.05) is 24.3 Å². The summed E-state index contributed by atoms with van der Waals surface area (Å²) >= 11 is 0. The zero-order chi connectivity index (χ0) is 25.0. The molecule has 8 nitrogen and oxygen atoms in total. The number of carbonyl (C=O) groups excluding carboxylic acids is 2. The van der Waals surface area contributed by atoms with E-state index in [1.165, 1.54) is 6.92 Å². The van der Waals surface area contributed by atoms with E-state index in [2.05, 4.69) is 34.9 Å². The molecule has 0 bridgehead atoms. The van der Waals surface area contributed by atoms with Gasteiger partial charge in [-0.05, 0) is 42.0 Å². The van der Waals surface area contributed by atoms with Gasteiger partial charge in [0.25, 0.3) is 0 Å². The monoisotopic (exact) mass is 480 g/mol. The number of nitrogens with one attached hydrogen (secondary N) is 2. The third kappa shape index (κ3) is 5.48. The van der Waals surface area contributed by atoms with Crippen LogP contribution in [-0.4, -0.2) is 52.5 Å². The van der Waals surface area contributed by atoms with Crippen LogP contribution in [0.15, 0.2) is 48.5 Å². The Bertz CT molecular complexity index is 1050. The van der Waals surface area contributed by atoms with Gasteiger partial charge in [-0.25, -0.2) is 9.59 Å². The third-order valence-corrected chi connectivity index (χ3v) is 7.09. The minimum absolute atomic E-state index is 0.0684. The average Bonchev–Trinajstić information content (AvgIpc) is 3.15. The highest BCUT2D eigenvalue weighted by Crippen LogP contribution is 2.44. The van der Waals surface area contributed by atoms with E-state index >= 15 is 0 Å². The first kappa shape index (κ1) is 24.7. The molecule has 0 radical (unpaired) electrons. The molecule has 0 aliphatic heterocycles. The fourth-order valence-electron chi connectivity index (χ4n) is 5.35. The van der Waals surface area contributed by atoms with Gasteiger partial charge in [-0.15, -0.1) is 0 Å². The number of alkyl carbamates (subject to hydrolysis) is 1. The number of carboxylic acids is 1. The maximum absolute atomic E-state index is 12.9. The van der Waals surface area contributed by atoms with Crippen LogP contribution in [0.3, 0.4) is 0 Å². The van der Waals surface area contributed by atoms with Crippen LogP contribution in [0.5, 0.6) is 0 Å². The summed E-state index contributed by atoms with van der Waals surface area (Å²) < 4.78 is 5.69. The smallest absolute Gasteiger partial charge is 0.407 e. The van der Waals surface area contributed by atoms with Crippen molar-refractivity contribution in [2.45, 2.75) is 69.1 Å².